The van der Waals surface area contributed by atoms with Crippen LogP contribution in [-0.4, -0.2) is 15.6 Å². The minimum absolute atomic E-state index is 0.0787. The van der Waals surface area contributed by atoms with Gasteiger partial charge in [-0.3, -0.25) is 9.48 Å². The van der Waals surface area contributed by atoms with E-state index in [2.05, 4.69) is 5.10 Å². The van der Waals surface area contributed by atoms with E-state index in [4.69, 9.17) is 11.6 Å². The van der Waals surface area contributed by atoms with Gasteiger partial charge < -0.3 is 0 Å². The summed E-state index contributed by atoms with van der Waals surface area (Å²) < 4.78 is 1.55. The molecule has 1 aromatic heterocycles. The summed E-state index contributed by atoms with van der Waals surface area (Å²) in [6.45, 7) is 0. The second kappa shape index (κ2) is 4.97. The molecule has 3 nitrogen and oxygen atoms in total. The molecule has 0 radical (unpaired) electrons. The molecule has 4 heteroatoms. The number of aryl methyl sites for hydroxylation is 1. The van der Waals surface area contributed by atoms with Crippen molar-refractivity contribution in [1.29, 1.82) is 0 Å². The van der Waals surface area contributed by atoms with E-state index in [1.807, 2.05) is 12.1 Å². The zero-order chi connectivity index (χ0) is 12.3. The lowest BCUT2D eigenvalue weighted by molar-refractivity contribution is 0.103. The minimum Gasteiger partial charge on any atom is -0.288 e. The molecule has 2 aromatic rings. The normalized spacial score (nSPS) is 10.9. The molecule has 0 aliphatic carbocycles. The maximum Gasteiger partial charge on any atom is 0.203 e. The summed E-state index contributed by atoms with van der Waals surface area (Å²) >= 11 is 5.85. The SMILES string of the molecule is Cn1nccc1C(=O)/C=C/c1cccc(Cl)c1. The Morgan fingerprint density at radius 1 is 1.41 bits per heavy atom. The molecule has 0 fully saturated rings. The van der Waals surface area contributed by atoms with E-state index in [1.54, 1.807) is 42.2 Å². The lowest BCUT2D eigenvalue weighted by Crippen LogP contribution is -2.03. The van der Waals surface area contributed by atoms with Gasteiger partial charge in [0.25, 0.3) is 0 Å². The Kier molecular flexibility index (Phi) is 3.40. The molecule has 0 aliphatic rings. The highest BCUT2D eigenvalue weighted by Gasteiger charge is 2.05. The number of hydrogen-bond donors (Lipinski definition) is 0. The number of rotatable bonds is 3. The fourth-order valence-corrected chi connectivity index (χ4v) is 1.68. The van der Waals surface area contributed by atoms with Crippen LogP contribution in [0.5, 0.6) is 0 Å². The summed E-state index contributed by atoms with van der Waals surface area (Å²) in [7, 11) is 1.74. The summed E-state index contributed by atoms with van der Waals surface area (Å²) in [4.78, 5) is 11.8. The van der Waals surface area contributed by atoms with Gasteiger partial charge in [0.15, 0.2) is 0 Å². The van der Waals surface area contributed by atoms with Gasteiger partial charge in [0.05, 0.1) is 0 Å². The van der Waals surface area contributed by atoms with Gasteiger partial charge in [-0.1, -0.05) is 29.8 Å². The number of nitrogens with zero attached hydrogens (tertiary/aromatic N) is 2. The first-order valence-corrected chi connectivity index (χ1v) is 5.50. The van der Waals surface area contributed by atoms with E-state index in [-0.39, 0.29) is 5.78 Å². The highest BCUT2D eigenvalue weighted by atomic mass is 35.5. The molecule has 2 rings (SSSR count). The Balaban J connectivity index is 2.17. The largest absolute Gasteiger partial charge is 0.288 e. The van der Waals surface area contributed by atoms with Gasteiger partial charge in [0, 0.05) is 18.3 Å². The number of allylic oxidation sites excluding steroid dienone is 1. The van der Waals surface area contributed by atoms with E-state index in [0.29, 0.717) is 10.7 Å². The number of aromatic nitrogens is 2. The van der Waals surface area contributed by atoms with E-state index in [0.717, 1.165) is 5.56 Å². The molecule has 0 unspecified atom stereocenters. The highest BCUT2D eigenvalue weighted by Crippen LogP contribution is 2.12. The van der Waals surface area contributed by atoms with Gasteiger partial charge in [-0.2, -0.15) is 5.10 Å². The Bertz CT molecular complexity index is 572. The minimum atomic E-state index is -0.0787. The zero-order valence-electron chi connectivity index (χ0n) is 9.30. The second-order valence-corrected chi connectivity index (χ2v) is 4.03. The van der Waals surface area contributed by atoms with Crippen molar-refractivity contribution >= 4 is 23.5 Å². The Morgan fingerprint density at radius 2 is 2.24 bits per heavy atom. The summed E-state index contributed by atoms with van der Waals surface area (Å²) in [5.74, 6) is -0.0787. The van der Waals surface area contributed by atoms with Gasteiger partial charge in [-0.25, -0.2) is 0 Å². The van der Waals surface area contributed by atoms with E-state index >= 15 is 0 Å². The Labute approximate surface area is 104 Å². The maximum absolute atomic E-state index is 11.8. The zero-order valence-corrected chi connectivity index (χ0v) is 10.1. The van der Waals surface area contributed by atoms with Crippen LogP contribution >= 0.6 is 11.6 Å². The van der Waals surface area contributed by atoms with Crippen molar-refractivity contribution in [3.05, 3.63) is 58.9 Å². The van der Waals surface area contributed by atoms with Crippen LogP contribution in [-0.2, 0) is 7.05 Å². The molecule has 1 aromatic carbocycles. The van der Waals surface area contributed by atoms with Crippen LogP contribution < -0.4 is 0 Å². The van der Waals surface area contributed by atoms with E-state index < -0.39 is 0 Å². The van der Waals surface area contributed by atoms with Crippen LogP contribution in [0.3, 0.4) is 0 Å². The van der Waals surface area contributed by atoms with Crippen LogP contribution in [0.15, 0.2) is 42.6 Å². The van der Waals surface area contributed by atoms with Gasteiger partial charge in [-0.15, -0.1) is 0 Å². The average Bonchev–Trinajstić information content (AvgIpc) is 2.72. The molecule has 1 heterocycles. The summed E-state index contributed by atoms with van der Waals surface area (Å²) in [5, 5.41) is 4.60. The smallest absolute Gasteiger partial charge is 0.203 e. The monoisotopic (exact) mass is 246 g/mol. The Hall–Kier alpha value is -1.87. The molecular formula is C13H11ClN2O. The molecule has 0 saturated carbocycles. The fourth-order valence-electron chi connectivity index (χ4n) is 1.48. The summed E-state index contributed by atoms with van der Waals surface area (Å²) in [5.41, 5.74) is 1.45. The molecule has 86 valence electrons. The van der Waals surface area contributed by atoms with Crippen molar-refractivity contribution < 1.29 is 4.79 Å². The van der Waals surface area contributed by atoms with Crippen molar-refractivity contribution in [2.75, 3.05) is 0 Å². The number of benzene rings is 1. The third-order valence-electron chi connectivity index (χ3n) is 2.35. The van der Waals surface area contributed by atoms with Gasteiger partial charge in [0.2, 0.25) is 5.78 Å². The first-order chi connectivity index (χ1) is 8.16. The van der Waals surface area contributed by atoms with Gasteiger partial charge in [-0.05, 0) is 29.8 Å². The predicted octanol–water partition coefficient (Wildman–Crippen LogP) is 2.97. The lowest BCUT2D eigenvalue weighted by Gasteiger charge is -1.96. The third-order valence-corrected chi connectivity index (χ3v) is 2.58. The van der Waals surface area contributed by atoms with E-state index in [1.165, 1.54) is 6.08 Å². The molecule has 0 atom stereocenters. The van der Waals surface area contributed by atoms with Crippen LogP contribution in [0.25, 0.3) is 6.08 Å². The van der Waals surface area contributed by atoms with Crippen molar-refractivity contribution in [1.82, 2.24) is 9.78 Å². The molecule has 0 amide bonds. The standard InChI is InChI=1S/C13H11ClN2O/c1-16-12(7-8-15-16)13(17)6-5-10-3-2-4-11(14)9-10/h2-9H,1H3/b6-5+. The third kappa shape index (κ3) is 2.82. The maximum atomic E-state index is 11.8. The molecule has 0 bridgehead atoms. The number of ketones is 1. The quantitative estimate of drug-likeness (QED) is 0.617. The number of hydrogen-bond acceptors (Lipinski definition) is 2. The molecule has 0 N–H and O–H groups in total. The number of carbonyl (C=O) groups excluding carboxylic acids is 1. The van der Waals surface area contributed by atoms with Gasteiger partial charge in [0.1, 0.15) is 5.69 Å². The second-order valence-electron chi connectivity index (χ2n) is 3.59. The molecule has 0 spiro atoms. The van der Waals surface area contributed by atoms with Crippen LogP contribution in [0.4, 0.5) is 0 Å². The van der Waals surface area contributed by atoms with Gasteiger partial charge >= 0.3 is 0 Å². The van der Waals surface area contributed by atoms with Crippen molar-refractivity contribution in [3.8, 4) is 0 Å². The molecular weight excluding hydrogens is 236 g/mol. The van der Waals surface area contributed by atoms with E-state index in [9.17, 15) is 4.79 Å². The summed E-state index contributed by atoms with van der Waals surface area (Å²) in [6, 6.07) is 9.01. The predicted molar refractivity (Wildman–Crippen MR) is 68.0 cm³/mol. The fraction of sp³-hybridized carbons (Fsp3) is 0.0769. The number of halogens is 1. The summed E-state index contributed by atoms with van der Waals surface area (Å²) in [6.07, 6.45) is 4.85. The van der Waals surface area contributed by atoms with Crippen LogP contribution in [0, 0.1) is 0 Å². The van der Waals surface area contributed by atoms with Crippen LogP contribution in [0.1, 0.15) is 16.1 Å². The molecule has 0 aliphatic heterocycles. The van der Waals surface area contributed by atoms with Crippen molar-refractivity contribution in [3.63, 3.8) is 0 Å². The molecule has 0 saturated heterocycles. The average molecular weight is 247 g/mol. The Morgan fingerprint density at radius 3 is 2.88 bits per heavy atom. The molecule has 17 heavy (non-hydrogen) atoms. The highest BCUT2D eigenvalue weighted by molar-refractivity contribution is 6.30. The van der Waals surface area contributed by atoms with Crippen molar-refractivity contribution in [2.24, 2.45) is 7.05 Å². The topological polar surface area (TPSA) is 34.9 Å². The van der Waals surface area contributed by atoms with Crippen LogP contribution in [0.2, 0.25) is 5.02 Å². The first kappa shape index (κ1) is 11.6. The lowest BCUT2D eigenvalue weighted by atomic mass is 10.2. The first-order valence-electron chi connectivity index (χ1n) is 5.13. The van der Waals surface area contributed by atoms with Crippen molar-refractivity contribution in [2.45, 2.75) is 0 Å². The number of carbonyl (C=O) groups is 1.